The van der Waals surface area contributed by atoms with Crippen LogP contribution in [0.2, 0.25) is 0 Å². The number of ether oxygens (including phenoxy) is 1. The van der Waals surface area contributed by atoms with Crippen molar-refractivity contribution in [2.24, 2.45) is 0 Å². The Bertz CT molecular complexity index is 1250. The number of nitrogens with zero attached hydrogens (tertiary/aromatic N) is 2. The third-order valence-electron chi connectivity index (χ3n) is 7.35. The average Bonchev–Trinajstić information content (AvgIpc) is 3.21. The molecule has 1 aromatic heterocycles. The Morgan fingerprint density at radius 3 is 2.65 bits per heavy atom. The zero-order chi connectivity index (χ0) is 23.9. The van der Waals surface area contributed by atoms with Crippen LogP contribution in [0.4, 0.5) is 4.39 Å². The minimum Gasteiger partial charge on any atom is -0.497 e. The van der Waals surface area contributed by atoms with E-state index in [1.807, 2.05) is 28.8 Å². The van der Waals surface area contributed by atoms with Gasteiger partial charge < -0.3 is 19.5 Å². The van der Waals surface area contributed by atoms with Crippen molar-refractivity contribution in [3.05, 3.63) is 65.6 Å². The van der Waals surface area contributed by atoms with E-state index in [9.17, 15) is 14.0 Å². The number of fused-ring (bicyclic) bond motifs is 3. The Morgan fingerprint density at radius 2 is 1.91 bits per heavy atom. The predicted molar refractivity (Wildman–Crippen MR) is 128 cm³/mol. The Labute approximate surface area is 198 Å². The van der Waals surface area contributed by atoms with E-state index in [0.717, 1.165) is 36.6 Å². The molecular weight excluding hydrogens is 433 g/mol. The van der Waals surface area contributed by atoms with Crippen LogP contribution >= 0.6 is 0 Å². The largest absolute Gasteiger partial charge is 0.497 e. The van der Waals surface area contributed by atoms with E-state index in [1.54, 1.807) is 32.2 Å². The fraction of sp³-hybridized carbons (Fsp3) is 0.407. The molecule has 2 heterocycles. The van der Waals surface area contributed by atoms with Crippen LogP contribution in [0.1, 0.15) is 55.1 Å². The molecule has 0 bridgehead atoms. The molecule has 5 rings (SSSR count). The summed E-state index contributed by atoms with van der Waals surface area (Å²) in [5.74, 6) is -0.186. The monoisotopic (exact) mass is 463 g/mol. The van der Waals surface area contributed by atoms with Crippen LogP contribution in [0.25, 0.3) is 10.9 Å². The van der Waals surface area contributed by atoms with Gasteiger partial charge in [0.15, 0.2) is 0 Å². The minimum absolute atomic E-state index is 0.0188. The quantitative estimate of drug-likeness (QED) is 0.599. The summed E-state index contributed by atoms with van der Waals surface area (Å²) < 4.78 is 21.9. The second-order valence-corrected chi connectivity index (χ2v) is 9.61. The van der Waals surface area contributed by atoms with Crippen LogP contribution in [0.15, 0.2) is 48.5 Å². The van der Waals surface area contributed by atoms with Gasteiger partial charge in [0, 0.05) is 23.1 Å². The first kappa shape index (κ1) is 22.4. The summed E-state index contributed by atoms with van der Waals surface area (Å²) in [4.78, 5) is 29.2. The molecule has 1 saturated carbocycles. The van der Waals surface area contributed by atoms with E-state index < -0.39 is 5.54 Å². The van der Waals surface area contributed by atoms with Crippen molar-refractivity contribution in [3.63, 3.8) is 0 Å². The van der Waals surface area contributed by atoms with E-state index in [0.29, 0.717) is 17.0 Å². The number of rotatable bonds is 5. The molecule has 1 atom stereocenters. The highest BCUT2D eigenvalue weighted by atomic mass is 19.1. The Hall–Kier alpha value is -3.35. The number of carbonyl (C=O) groups is 2. The number of benzene rings is 2. The highest BCUT2D eigenvalue weighted by molar-refractivity contribution is 6.03. The van der Waals surface area contributed by atoms with Crippen molar-refractivity contribution >= 4 is 22.7 Å². The topological polar surface area (TPSA) is 63.6 Å². The second-order valence-electron chi connectivity index (χ2n) is 9.61. The maximum Gasteiger partial charge on any atom is 0.271 e. The fourth-order valence-corrected chi connectivity index (χ4v) is 5.29. The summed E-state index contributed by atoms with van der Waals surface area (Å²) in [5.41, 5.74) is 0.532. The molecule has 178 valence electrons. The summed E-state index contributed by atoms with van der Waals surface area (Å²) in [6.07, 6.45) is 5.25. The zero-order valence-electron chi connectivity index (χ0n) is 19.6. The molecular formula is C27H30FN3O3. The lowest BCUT2D eigenvalue weighted by Gasteiger charge is -2.45. The number of amides is 2. The van der Waals surface area contributed by atoms with Crippen LogP contribution in [0.5, 0.6) is 5.75 Å². The Kier molecular flexibility index (Phi) is 5.80. The molecule has 2 amide bonds. The molecule has 1 unspecified atom stereocenters. The van der Waals surface area contributed by atoms with Crippen LogP contribution in [-0.4, -0.2) is 40.0 Å². The van der Waals surface area contributed by atoms with Gasteiger partial charge in [0.2, 0.25) is 5.91 Å². The van der Waals surface area contributed by atoms with Gasteiger partial charge in [-0.2, -0.15) is 0 Å². The minimum atomic E-state index is -1.18. The van der Waals surface area contributed by atoms with Gasteiger partial charge in [0.05, 0.1) is 25.7 Å². The number of hydrogen-bond donors (Lipinski definition) is 1. The lowest BCUT2D eigenvalue weighted by molar-refractivity contribution is -0.134. The maximum absolute atomic E-state index is 14.6. The van der Waals surface area contributed by atoms with Gasteiger partial charge in [-0.1, -0.05) is 37.5 Å². The van der Waals surface area contributed by atoms with Crippen LogP contribution < -0.4 is 10.1 Å². The molecule has 1 N–H and O–H groups in total. The molecule has 2 aromatic carbocycles. The number of halogens is 1. The Morgan fingerprint density at radius 1 is 1.15 bits per heavy atom. The van der Waals surface area contributed by atoms with Crippen molar-refractivity contribution in [1.82, 2.24) is 14.8 Å². The molecule has 0 radical (unpaired) electrons. The highest BCUT2D eigenvalue weighted by Crippen LogP contribution is 2.35. The molecule has 0 spiro atoms. The number of hydrogen-bond acceptors (Lipinski definition) is 3. The molecule has 0 saturated heterocycles. The predicted octanol–water partition coefficient (Wildman–Crippen LogP) is 4.65. The van der Waals surface area contributed by atoms with Crippen molar-refractivity contribution in [2.75, 3.05) is 7.11 Å². The first-order valence-electron chi connectivity index (χ1n) is 11.9. The molecule has 6 nitrogen and oxygen atoms in total. The summed E-state index contributed by atoms with van der Waals surface area (Å²) in [5, 5.41) is 4.10. The van der Waals surface area contributed by atoms with E-state index in [1.165, 1.54) is 17.4 Å². The fourth-order valence-electron chi connectivity index (χ4n) is 5.29. The third kappa shape index (κ3) is 3.83. The molecule has 7 heteroatoms. The summed E-state index contributed by atoms with van der Waals surface area (Å²) in [6, 6.07) is 14.0. The normalized spacial score (nSPS) is 20.9. The number of aromatic nitrogens is 1. The average molecular weight is 464 g/mol. The Balaban J connectivity index is 1.58. The van der Waals surface area contributed by atoms with Crippen LogP contribution in [0, 0.1) is 5.82 Å². The van der Waals surface area contributed by atoms with Crippen molar-refractivity contribution in [3.8, 4) is 5.75 Å². The lowest BCUT2D eigenvalue weighted by atomic mass is 9.91. The van der Waals surface area contributed by atoms with Crippen molar-refractivity contribution in [2.45, 2.75) is 63.7 Å². The smallest absolute Gasteiger partial charge is 0.271 e. The van der Waals surface area contributed by atoms with E-state index in [4.69, 9.17) is 4.74 Å². The molecule has 34 heavy (non-hydrogen) atoms. The van der Waals surface area contributed by atoms with E-state index >= 15 is 0 Å². The van der Waals surface area contributed by atoms with Gasteiger partial charge in [-0.25, -0.2) is 4.39 Å². The summed E-state index contributed by atoms with van der Waals surface area (Å²) in [6.45, 7) is 2.08. The molecule has 1 aliphatic heterocycles. The van der Waals surface area contributed by atoms with Gasteiger partial charge in [0.1, 0.15) is 22.8 Å². The van der Waals surface area contributed by atoms with Crippen LogP contribution in [-0.2, 0) is 17.9 Å². The van der Waals surface area contributed by atoms with Gasteiger partial charge in [-0.05, 0) is 44.0 Å². The van der Waals surface area contributed by atoms with Crippen LogP contribution in [0.3, 0.4) is 0 Å². The SMILES string of the molecule is COc1ccc2cc3n(c2c1)CC(C)(C(=O)NC1CCCCC1)N(Cc1ccccc1F)C3=O. The van der Waals surface area contributed by atoms with E-state index in [2.05, 4.69) is 5.32 Å². The molecule has 1 aliphatic carbocycles. The number of methoxy groups -OCH3 is 1. The van der Waals surface area contributed by atoms with Crippen molar-refractivity contribution < 1.29 is 18.7 Å². The van der Waals surface area contributed by atoms with Gasteiger partial charge >= 0.3 is 0 Å². The van der Waals surface area contributed by atoms with E-state index in [-0.39, 0.29) is 36.8 Å². The highest BCUT2D eigenvalue weighted by Gasteiger charge is 2.48. The number of nitrogens with one attached hydrogen (secondary N) is 1. The summed E-state index contributed by atoms with van der Waals surface area (Å²) >= 11 is 0. The van der Waals surface area contributed by atoms with Gasteiger partial charge in [0.25, 0.3) is 5.91 Å². The summed E-state index contributed by atoms with van der Waals surface area (Å²) in [7, 11) is 1.60. The van der Waals surface area contributed by atoms with Gasteiger partial charge in [-0.15, -0.1) is 0 Å². The lowest BCUT2D eigenvalue weighted by Crippen LogP contribution is -2.64. The zero-order valence-corrected chi connectivity index (χ0v) is 19.6. The standard InChI is InChI=1S/C27H30FN3O3/c1-27(26(33)29-20-9-4-3-5-10-20)17-30-23-15-21(34-2)13-12-18(23)14-24(30)25(32)31(27)16-19-8-6-7-11-22(19)28/h6-8,11-15,20H,3-5,9-10,16-17H2,1-2H3,(H,29,33). The molecule has 2 aliphatic rings. The molecule has 3 aromatic rings. The maximum atomic E-state index is 14.6. The van der Waals surface area contributed by atoms with Crippen molar-refractivity contribution in [1.29, 1.82) is 0 Å². The van der Waals surface area contributed by atoms with Gasteiger partial charge in [-0.3, -0.25) is 9.59 Å². The molecule has 1 fully saturated rings. The second kappa shape index (κ2) is 8.78. The first-order valence-corrected chi connectivity index (χ1v) is 11.9. The third-order valence-corrected chi connectivity index (χ3v) is 7.35. The number of carbonyl (C=O) groups excluding carboxylic acids is 2. The first-order chi connectivity index (χ1) is 16.4.